The van der Waals surface area contributed by atoms with E-state index in [1.165, 1.54) is 6.07 Å². The first kappa shape index (κ1) is 26.8. The quantitative estimate of drug-likeness (QED) is 0.393. The molecule has 2 N–H and O–H groups in total. The Hall–Kier alpha value is -2.42. The van der Waals surface area contributed by atoms with Crippen LogP contribution in [0, 0.1) is 12.8 Å². The van der Waals surface area contributed by atoms with Crippen LogP contribution in [0.25, 0.3) is 11.5 Å². The van der Waals surface area contributed by atoms with Crippen LogP contribution >= 0.6 is 24.8 Å². The Labute approximate surface area is 203 Å². The summed E-state index contributed by atoms with van der Waals surface area (Å²) >= 11 is 0. The predicted octanol–water partition coefficient (Wildman–Crippen LogP) is 5.89. The molecule has 33 heavy (non-hydrogen) atoms. The van der Waals surface area contributed by atoms with Gasteiger partial charge in [0.05, 0.1) is 18.3 Å². The molecule has 2 aromatic heterocycles. The summed E-state index contributed by atoms with van der Waals surface area (Å²) in [7, 11) is 0. The lowest BCUT2D eigenvalue weighted by molar-refractivity contribution is -0.0515. The maximum atomic E-state index is 12.8. The summed E-state index contributed by atoms with van der Waals surface area (Å²) in [5.41, 5.74) is 9.16. The number of aryl methyl sites for hydroxylation is 1. The Morgan fingerprint density at radius 1 is 1.12 bits per heavy atom. The van der Waals surface area contributed by atoms with Gasteiger partial charge in [-0.05, 0) is 62.9 Å². The van der Waals surface area contributed by atoms with Crippen molar-refractivity contribution in [2.45, 2.75) is 45.8 Å². The van der Waals surface area contributed by atoms with Crippen LogP contribution in [0.1, 0.15) is 48.6 Å². The number of oxazole rings is 1. The molecule has 1 aromatic carbocycles. The largest absolute Gasteiger partial charge is 0.489 e. The zero-order valence-electron chi connectivity index (χ0n) is 18.3. The van der Waals surface area contributed by atoms with Crippen molar-refractivity contribution in [3.63, 3.8) is 0 Å². The summed E-state index contributed by atoms with van der Waals surface area (Å²) in [6.45, 7) is 1.27. The summed E-state index contributed by atoms with van der Waals surface area (Å²) in [4.78, 5) is 9.16. The van der Waals surface area contributed by atoms with Crippen LogP contribution in [0.15, 0.2) is 40.8 Å². The number of aromatic nitrogens is 2. The van der Waals surface area contributed by atoms with Crippen molar-refractivity contribution in [1.29, 1.82) is 0 Å². The number of ether oxygens (including phenoxy) is 2. The van der Waals surface area contributed by atoms with Crippen LogP contribution in [0.2, 0.25) is 0 Å². The highest BCUT2D eigenvalue weighted by Crippen LogP contribution is 2.37. The van der Waals surface area contributed by atoms with Crippen molar-refractivity contribution < 1.29 is 22.7 Å². The van der Waals surface area contributed by atoms with Crippen molar-refractivity contribution >= 4 is 24.8 Å². The number of hydrogen-bond donors (Lipinski definition) is 1. The van der Waals surface area contributed by atoms with E-state index in [0.717, 1.165) is 24.2 Å². The van der Waals surface area contributed by atoms with Crippen LogP contribution < -0.4 is 15.2 Å². The highest BCUT2D eigenvalue weighted by Gasteiger charge is 2.24. The van der Waals surface area contributed by atoms with E-state index in [0.29, 0.717) is 41.9 Å². The van der Waals surface area contributed by atoms with E-state index in [2.05, 4.69) is 14.7 Å². The number of nitrogens with two attached hydrogens (primary N) is 1. The molecule has 1 saturated carbocycles. The monoisotopic (exact) mass is 501 g/mol. The molecule has 1 unspecified atom stereocenters. The first-order valence-electron chi connectivity index (χ1n) is 10.3. The van der Waals surface area contributed by atoms with E-state index in [-0.39, 0.29) is 42.4 Å². The van der Waals surface area contributed by atoms with Gasteiger partial charge in [0.15, 0.2) is 11.5 Å². The summed E-state index contributed by atoms with van der Waals surface area (Å²) in [5, 5.41) is 0. The third-order valence-corrected chi connectivity index (χ3v) is 5.01. The van der Waals surface area contributed by atoms with Crippen LogP contribution in [0.5, 0.6) is 11.5 Å². The molecule has 0 spiro atoms. The molecule has 4 rings (SSSR count). The van der Waals surface area contributed by atoms with E-state index in [1.54, 1.807) is 12.1 Å². The highest BCUT2D eigenvalue weighted by molar-refractivity contribution is 5.85. The van der Waals surface area contributed by atoms with Crippen molar-refractivity contribution in [3.05, 3.63) is 59.2 Å². The van der Waals surface area contributed by atoms with E-state index >= 15 is 0 Å². The number of hydrogen-bond acceptors (Lipinski definition) is 6. The standard InChI is InChI=1S/C23H25F2N3O3.2ClH/c1-13-4-3-5-17(27-13)11-18-21(14(2)26)31-22(28-18)16-8-9-19(30-23(24)25)20(10-16)29-12-15-6-7-15;;/h3-5,8-10,14-15,23H,6-7,11-12,26H2,1-2H3;2*1H. The zero-order chi connectivity index (χ0) is 22.0. The molecule has 0 amide bonds. The number of benzene rings is 1. The van der Waals surface area contributed by atoms with Gasteiger partial charge in [0, 0.05) is 23.4 Å². The van der Waals surface area contributed by atoms with Gasteiger partial charge < -0.3 is 19.6 Å². The first-order chi connectivity index (χ1) is 14.9. The van der Waals surface area contributed by atoms with Gasteiger partial charge in [0.25, 0.3) is 0 Å². The molecule has 0 aliphatic heterocycles. The number of rotatable bonds is 9. The van der Waals surface area contributed by atoms with Gasteiger partial charge >= 0.3 is 6.61 Å². The van der Waals surface area contributed by atoms with Crippen LogP contribution in [-0.2, 0) is 6.42 Å². The molecule has 10 heteroatoms. The van der Waals surface area contributed by atoms with Gasteiger partial charge in [-0.15, -0.1) is 24.8 Å². The zero-order valence-corrected chi connectivity index (χ0v) is 19.9. The molecular weight excluding hydrogens is 475 g/mol. The number of alkyl halides is 2. The van der Waals surface area contributed by atoms with Crippen molar-refractivity contribution in [1.82, 2.24) is 9.97 Å². The molecule has 1 fully saturated rings. The van der Waals surface area contributed by atoms with E-state index < -0.39 is 6.61 Å². The van der Waals surface area contributed by atoms with E-state index in [4.69, 9.17) is 14.9 Å². The number of pyridine rings is 1. The maximum Gasteiger partial charge on any atom is 0.387 e. The van der Waals surface area contributed by atoms with E-state index in [9.17, 15) is 8.78 Å². The average molecular weight is 502 g/mol. The lowest BCUT2D eigenvalue weighted by Gasteiger charge is -2.12. The van der Waals surface area contributed by atoms with Crippen LogP contribution in [-0.4, -0.2) is 23.2 Å². The molecule has 3 aromatic rings. The summed E-state index contributed by atoms with van der Waals surface area (Å²) in [5.74, 6) is 1.60. The lowest BCUT2D eigenvalue weighted by atomic mass is 10.1. The van der Waals surface area contributed by atoms with E-state index in [1.807, 2.05) is 32.0 Å². The highest BCUT2D eigenvalue weighted by atomic mass is 35.5. The average Bonchev–Trinajstić information content (AvgIpc) is 3.45. The molecule has 2 heterocycles. The number of halogens is 4. The molecule has 1 aliphatic carbocycles. The molecule has 0 saturated heterocycles. The van der Waals surface area contributed by atoms with Crippen molar-refractivity contribution in [3.8, 4) is 23.0 Å². The fourth-order valence-electron chi connectivity index (χ4n) is 3.28. The minimum absolute atomic E-state index is 0. The summed E-state index contributed by atoms with van der Waals surface area (Å²) in [6.07, 6.45) is 2.64. The summed E-state index contributed by atoms with van der Waals surface area (Å²) < 4.78 is 41.9. The second-order valence-electron chi connectivity index (χ2n) is 7.86. The molecule has 1 aliphatic rings. The lowest BCUT2D eigenvalue weighted by Crippen LogP contribution is -2.07. The smallest absolute Gasteiger partial charge is 0.387 e. The van der Waals surface area contributed by atoms with Gasteiger partial charge in [-0.1, -0.05) is 6.07 Å². The Balaban J connectivity index is 0.00000193. The number of nitrogens with zero attached hydrogens (tertiary/aromatic N) is 2. The fourth-order valence-corrected chi connectivity index (χ4v) is 3.28. The van der Waals surface area contributed by atoms with Gasteiger partial charge in [0.2, 0.25) is 5.89 Å². The van der Waals surface area contributed by atoms with Gasteiger partial charge in [-0.25, -0.2) is 4.98 Å². The SMILES string of the molecule is Cc1cccc(Cc2nc(-c3ccc(OC(F)F)c(OCC4CC4)c3)oc2C(C)N)n1.Cl.Cl. The molecule has 180 valence electrons. The van der Waals surface area contributed by atoms with Crippen LogP contribution in [0.4, 0.5) is 8.78 Å². The Bertz CT molecular complexity index is 1060. The van der Waals surface area contributed by atoms with Crippen molar-refractivity contribution in [2.24, 2.45) is 11.7 Å². The predicted molar refractivity (Wildman–Crippen MR) is 126 cm³/mol. The Morgan fingerprint density at radius 3 is 2.52 bits per heavy atom. The minimum Gasteiger partial charge on any atom is -0.489 e. The van der Waals surface area contributed by atoms with Crippen LogP contribution in [0.3, 0.4) is 0 Å². The topological polar surface area (TPSA) is 83.4 Å². The second-order valence-corrected chi connectivity index (χ2v) is 7.86. The molecule has 0 radical (unpaired) electrons. The fraction of sp³-hybridized carbons (Fsp3) is 0.391. The summed E-state index contributed by atoms with van der Waals surface area (Å²) in [6, 6.07) is 10.1. The van der Waals surface area contributed by atoms with Gasteiger partial charge in [-0.3, -0.25) is 4.98 Å². The normalized spacial score (nSPS) is 13.8. The Morgan fingerprint density at radius 2 is 1.88 bits per heavy atom. The molecule has 1 atom stereocenters. The second kappa shape index (κ2) is 11.6. The Kier molecular flexibility index (Phi) is 9.46. The minimum atomic E-state index is -2.94. The molecule has 0 bridgehead atoms. The maximum absolute atomic E-state index is 12.8. The molecule has 6 nitrogen and oxygen atoms in total. The third kappa shape index (κ3) is 7.03. The molecular formula is C23H27Cl2F2N3O3. The van der Waals surface area contributed by atoms with Gasteiger partial charge in [0.1, 0.15) is 5.76 Å². The first-order valence-corrected chi connectivity index (χ1v) is 10.3. The third-order valence-electron chi connectivity index (χ3n) is 5.01. The van der Waals surface area contributed by atoms with Gasteiger partial charge in [-0.2, -0.15) is 8.78 Å². The van der Waals surface area contributed by atoms with Crippen molar-refractivity contribution in [2.75, 3.05) is 6.61 Å².